The third-order valence-corrected chi connectivity index (χ3v) is 6.47. The summed E-state index contributed by atoms with van der Waals surface area (Å²) in [5, 5.41) is 8.58. The molecule has 0 unspecified atom stereocenters. The number of amides is 2. The maximum absolute atomic E-state index is 12.1. The van der Waals surface area contributed by atoms with Crippen molar-refractivity contribution < 1.29 is 9.59 Å². The number of nitrogens with zero attached hydrogens (tertiary/aromatic N) is 2. The van der Waals surface area contributed by atoms with Gasteiger partial charge in [-0.15, -0.1) is 23.1 Å². The summed E-state index contributed by atoms with van der Waals surface area (Å²) in [5.74, 6) is -0.0107. The van der Waals surface area contributed by atoms with Gasteiger partial charge in [0.2, 0.25) is 11.8 Å². The van der Waals surface area contributed by atoms with Crippen molar-refractivity contribution in [1.82, 2.24) is 9.97 Å². The quantitative estimate of drug-likeness (QED) is 0.434. The Bertz CT molecular complexity index is 1110. The topological polar surface area (TPSA) is 84.0 Å². The van der Waals surface area contributed by atoms with E-state index in [1.807, 2.05) is 60.0 Å². The van der Waals surface area contributed by atoms with Gasteiger partial charge in [-0.25, -0.2) is 9.97 Å². The summed E-state index contributed by atoms with van der Waals surface area (Å²) in [7, 11) is 0. The van der Waals surface area contributed by atoms with E-state index in [-0.39, 0.29) is 23.3 Å². The summed E-state index contributed by atoms with van der Waals surface area (Å²) in [5.41, 5.74) is 2.69. The van der Waals surface area contributed by atoms with Gasteiger partial charge in [0.1, 0.15) is 0 Å². The molecule has 2 aromatic heterocycles. The maximum atomic E-state index is 12.1. The van der Waals surface area contributed by atoms with E-state index in [1.165, 1.54) is 34.4 Å². The zero-order valence-electron chi connectivity index (χ0n) is 15.1. The number of thioether (sulfide) groups is 1. The van der Waals surface area contributed by atoms with Crippen LogP contribution in [0.5, 0.6) is 0 Å². The molecule has 0 aliphatic heterocycles. The van der Waals surface area contributed by atoms with Crippen LogP contribution in [0.2, 0.25) is 0 Å². The number of anilines is 2. The zero-order valence-corrected chi connectivity index (χ0v) is 17.6. The average molecular weight is 441 g/mol. The van der Waals surface area contributed by atoms with Crippen LogP contribution < -0.4 is 10.6 Å². The Morgan fingerprint density at radius 2 is 1.55 bits per heavy atom. The molecule has 6 nitrogen and oxygen atoms in total. The van der Waals surface area contributed by atoms with Crippen LogP contribution in [0.4, 0.5) is 10.3 Å². The summed E-state index contributed by atoms with van der Waals surface area (Å²) in [4.78, 5) is 33.0. The van der Waals surface area contributed by atoms with Crippen molar-refractivity contribution in [3.8, 4) is 11.3 Å². The Morgan fingerprint density at radius 1 is 0.862 bits per heavy atom. The molecule has 2 N–H and O–H groups in total. The molecule has 0 atom stereocenters. The van der Waals surface area contributed by atoms with Gasteiger partial charge in [-0.1, -0.05) is 53.8 Å². The van der Waals surface area contributed by atoms with E-state index in [2.05, 4.69) is 20.6 Å². The van der Waals surface area contributed by atoms with Crippen molar-refractivity contribution >= 4 is 66.7 Å². The van der Waals surface area contributed by atoms with Gasteiger partial charge in [0.25, 0.3) is 0 Å². The minimum Gasteiger partial charge on any atom is -0.301 e. The molecule has 0 radical (unpaired) electrons. The van der Waals surface area contributed by atoms with E-state index in [0.717, 1.165) is 21.5 Å². The van der Waals surface area contributed by atoms with Crippen LogP contribution in [0.25, 0.3) is 21.5 Å². The number of aromatic nitrogens is 2. The number of carbonyl (C=O) groups excluding carboxylic acids is 2. The summed E-state index contributed by atoms with van der Waals surface area (Å²) >= 11 is 4.05. The van der Waals surface area contributed by atoms with Gasteiger partial charge >= 0.3 is 0 Å². The maximum Gasteiger partial charge on any atom is 0.236 e. The first kappa shape index (κ1) is 19.6. The molecule has 0 fully saturated rings. The van der Waals surface area contributed by atoms with Crippen molar-refractivity contribution in [3.63, 3.8) is 0 Å². The molecule has 2 aromatic carbocycles. The first-order valence-electron chi connectivity index (χ1n) is 8.71. The lowest BCUT2D eigenvalue weighted by atomic mass is 10.2. The minimum atomic E-state index is -0.184. The van der Waals surface area contributed by atoms with Crippen molar-refractivity contribution in [2.24, 2.45) is 0 Å². The fraction of sp³-hybridized carbons (Fsp3) is 0.100. The Morgan fingerprint density at radius 3 is 2.31 bits per heavy atom. The summed E-state index contributed by atoms with van der Waals surface area (Å²) in [6.45, 7) is 0. The second-order valence-corrected chi connectivity index (χ2v) is 8.85. The number of hydrogen-bond donors (Lipinski definition) is 2. The van der Waals surface area contributed by atoms with Crippen molar-refractivity contribution in [1.29, 1.82) is 0 Å². The molecule has 29 heavy (non-hydrogen) atoms. The number of benzene rings is 2. The highest BCUT2D eigenvalue weighted by atomic mass is 32.2. The van der Waals surface area contributed by atoms with Crippen LogP contribution >= 0.6 is 34.4 Å². The molecule has 2 amide bonds. The molecule has 4 rings (SSSR count). The van der Waals surface area contributed by atoms with Crippen LogP contribution in [-0.2, 0) is 9.59 Å². The largest absolute Gasteiger partial charge is 0.301 e. The molecular weight excluding hydrogens is 424 g/mol. The highest BCUT2D eigenvalue weighted by molar-refractivity contribution is 8.00. The lowest BCUT2D eigenvalue weighted by molar-refractivity contribution is -0.114. The molecule has 4 aromatic rings. The van der Waals surface area contributed by atoms with Crippen LogP contribution in [0.15, 0.2) is 60.0 Å². The molecular formula is C20H16N4O2S3. The SMILES string of the molecule is O=C(CSCC(=O)Nc1nc2ccccc2s1)Nc1nc(-c2ccccc2)cs1. The minimum absolute atomic E-state index is 0.174. The summed E-state index contributed by atoms with van der Waals surface area (Å²) in [6, 6.07) is 17.5. The first-order chi connectivity index (χ1) is 14.2. The predicted octanol–water partition coefficient (Wildman–Crippen LogP) is 4.73. The molecule has 0 spiro atoms. The van der Waals surface area contributed by atoms with E-state index in [9.17, 15) is 9.59 Å². The summed E-state index contributed by atoms with van der Waals surface area (Å²) < 4.78 is 1.02. The van der Waals surface area contributed by atoms with Crippen molar-refractivity contribution in [2.75, 3.05) is 22.1 Å². The molecule has 0 saturated carbocycles. The number of thiazole rings is 2. The Balaban J connectivity index is 1.22. The molecule has 0 bridgehead atoms. The highest BCUT2D eigenvalue weighted by Gasteiger charge is 2.11. The number of nitrogens with one attached hydrogen (secondary N) is 2. The fourth-order valence-corrected chi connectivity index (χ4v) is 4.78. The van der Waals surface area contributed by atoms with Crippen LogP contribution in [0.1, 0.15) is 0 Å². The van der Waals surface area contributed by atoms with Gasteiger partial charge in [0.05, 0.1) is 27.4 Å². The third kappa shape index (κ3) is 5.20. The molecule has 146 valence electrons. The van der Waals surface area contributed by atoms with Gasteiger partial charge < -0.3 is 10.6 Å². The van der Waals surface area contributed by atoms with Crippen LogP contribution in [0.3, 0.4) is 0 Å². The highest BCUT2D eigenvalue weighted by Crippen LogP contribution is 2.26. The Kier molecular flexibility index (Phi) is 6.18. The smallest absolute Gasteiger partial charge is 0.236 e. The van der Waals surface area contributed by atoms with E-state index >= 15 is 0 Å². The van der Waals surface area contributed by atoms with Gasteiger partial charge in [-0.3, -0.25) is 9.59 Å². The van der Waals surface area contributed by atoms with Gasteiger partial charge in [-0.05, 0) is 12.1 Å². The molecule has 2 heterocycles. The second kappa shape index (κ2) is 9.17. The number of rotatable bonds is 7. The number of fused-ring (bicyclic) bond motifs is 1. The fourth-order valence-electron chi connectivity index (χ4n) is 2.55. The normalized spacial score (nSPS) is 10.8. The number of para-hydroxylation sites is 1. The molecule has 0 aliphatic carbocycles. The number of carbonyl (C=O) groups is 2. The molecule has 9 heteroatoms. The second-order valence-electron chi connectivity index (χ2n) is 5.98. The van der Waals surface area contributed by atoms with Crippen molar-refractivity contribution in [2.45, 2.75) is 0 Å². The molecule has 0 aliphatic rings. The average Bonchev–Trinajstić information content (AvgIpc) is 3.35. The third-order valence-electron chi connectivity index (χ3n) is 3.83. The van der Waals surface area contributed by atoms with E-state index < -0.39 is 0 Å². The van der Waals surface area contributed by atoms with E-state index in [0.29, 0.717) is 10.3 Å². The first-order valence-corrected chi connectivity index (χ1v) is 11.6. The van der Waals surface area contributed by atoms with Crippen molar-refractivity contribution in [3.05, 3.63) is 60.0 Å². The van der Waals surface area contributed by atoms with Crippen LogP contribution in [0, 0.1) is 0 Å². The number of hydrogen-bond acceptors (Lipinski definition) is 7. The lowest BCUT2D eigenvalue weighted by Gasteiger charge is -2.02. The Hall–Kier alpha value is -2.75. The van der Waals surface area contributed by atoms with Gasteiger partial charge in [-0.2, -0.15) is 0 Å². The monoisotopic (exact) mass is 440 g/mol. The van der Waals surface area contributed by atoms with Gasteiger partial charge in [0, 0.05) is 10.9 Å². The molecule has 0 saturated heterocycles. The van der Waals surface area contributed by atoms with E-state index in [4.69, 9.17) is 0 Å². The Labute approximate surface area is 179 Å². The van der Waals surface area contributed by atoms with Gasteiger partial charge in [0.15, 0.2) is 10.3 Å². The standard InChI is InChI=1S/C20H16N4O2S3/c25-17(23-19-22-15(10-28-19)13-6-2-1-3-7-13)11-27-12-18(26)24-20-21-14-8-4-5-9-16(14)29-20/h1-10H,11-12H2,(H,21,24,26)(H,22,23,25). The van der Waals surface area contributed by atoms with Crippen LogP contribution in [-0.4, -0.2) is 33.3 Å². The lowest BCUT2D eigenvalue weighted by Crippen LogP contribution is -2.18. The van der Waals surface area contributed by atoms with E-state index in [1.54, 1.807) is 0 Å². The predicted molar refractivity (Wildman–Crippen MR) is 122 cm³/mol. The summed E-state index contributed by atoms with van der Waals surface area (Å²) in [6.07, 6.45) is 0. The zero-order chi connectivity index (χ0) is 20.1.